The van der Waals surface area contributed by atoms with Crippen LogP contribution in [-0.4, -0.2) is 24.7 Å². The first-order chi connectivity index (χ1) is 7.93. The van der Waals surface area contributed by atoms with Gasteiger partial charge in [-0.05, 0) is 38.8 Å². The molecule has 1 saturated carbocycles. The molecule has 2 rings (SSSR count). The normalized spacial score (nSPS) is 16.2. The van der Waals surface area contributed by atoms with Gasteiger partial charge in [-0.3, -0.25) is 4.31 Å². The lowest BCUT2D eigenvalue weighted by atomic mass is 10.4. The third kappa shape index (κ3) is 2.36. The maximum absolute atomic E-state index is 12.3. The van der Waals surface area contributed by atoms with E-state index >= 15 is 0 Å². The number of aromatic nitrogens is 1. The molecule has 1 aromatic heterocycles. The van der Waals surface area contributed by atoms with E-state index in [0.717, 1.165) is 12.8 Å². The van der Waals surface area contributed by atoms with E-state index in [-0.39, 0.29) is 6.04 Å². The molecule has 0 spiro atoms. The van der Waals surface area contributed by atoms with Crippen molar-refractivity contribution in [2.75, 3.05) is 10.0 Å². The molecule has 0 aliphatic heterocycles. The summed E-state index contributed by atoms with van der Waals surface area (Å²) in [6.45, 7) is 3.37. The lowest BCUT2D eigenvalue weighted by Gasteiger charge is -2.25. The zero-order valence-electron chi connectivity index (χ0n) is 10.00. The Balaban J connectivity index is 2.39. The van der Waals surface area contributed by atoms with E-state index in [1.54, 1.807) is 26.0 Å². The summed E-state index contributed by atoms with van der Waals surface area (Å²) in [5.74, 6) is 0.468. The number of hydrogen-bond donors (Lipinski definition) is 1. The van der Waals surface area contributed by atoms with E-state index in [9.17, 15) is 8.42 Å². The van der Waals surface area contributed by atoms with Crippen LogP contribution in [0.25, 0.3) is 0 Å². The fourth-order valence-electron chi connectivity index (χ4n) is 1.59. The molecular weight excluding hydrogens is 238 g/mol. The molecule has 0 aromatic carbocycles. The highest BCUT2D eigenvalue weighted by Gasteiger charge is 2.39. The van der Waals surface area contributed by atoms with Gasteiger partial charge in [0.2, 0.25) is 10.0 Å². The summed E-state index contributed by atoms with van der Waals surface area (Å²) in [4.78, 5) is 4.11. The van der Waals surface area contributed by atoms with Crippen LogP contribution in [0.2, 0.25) is 0 Å². The van der Waals surface area contributed by atoms with E-state index in [1.165, 1.54) is 10.5 Å². The zero-order valence-corrected chi connectivity index (χ0v) is 10.8. The van der Waals surface area contributed by atoms with Gasteiger partial charge in [-0.2, -0.15) is 0 Å². The Labute approximate surface area is 102 Å². The third-order valence-corrected chi connectivity index (χ3v) is 4.97. The number of nitrogens with two attached hydrogens (primary N) is 1. The van der Waals surface area contributed by atoms with Crippen molar-refractivity contribution >= 4 is 21.5 Å². The number of sulfonamides is 1. The highest BCUT2D eigenvalue weighted by atomic mass is 32.2. The van der Waals surface area contributed by atoms with Crippen LogP contribution in [0, 0.1) is 0 Å². The van der Waals surface area contributed by atoms with Gasteiger partial charge in [-0.1, -0.05) is 0 Å². The average Bonchev–Trinajstić information content (AvgIpc) is 3.05. The van der Waals surface area contributed by atoms with Gasteiger partial charge in [-0.25, -0.2) is 13.4 Å². The molecule has 0 radical (unpaired) electrons. The van der Waals surface area contributed by atoms with Gasteiger partial charge in [0.15, 0.2) is 0 Å². The molecule has 17 heavy (non-hydrogen) atoms. The van der Waals surface area contributed by atoms with Gasteiger partial charge >= 0.3 is 0 Å². The lowest BCUT2D eigenvalue weighted by Crippen LogP contribution is -2.38. The standard InChI is InChI=1S/C11H17N3O2S/c1-8(2)17(15,16)14(10-4-5-10)11-6-3-9(12)7-13-11/h3,6-8,10H,4-5,12H2,1-2H3. The van der Waals surface area contributed by atoms with Crippen molar-refractivity contribution in [1.29, 1.82) is 0 Å². The number of nitrogen functional groups attached to an aromatic ring is 1. The van der Waals surface area contributed by atoms with E-state index in [1.807, 2.05) is 0 Å². The highest BCUT2D eigenvalue weighted by molar-refractivity contribution is 7.93. The number of pyridine rings is 1. The molecule has 2 N–H and O–H groups in total. The number of anilines is 2. The number of hydrogen-bond acceptors (Lipinski definition) is 4. The molecular formula is C11H17N3O2S. The van der Waals surface area contributed by atoms with Crippen molar-refractivity contribution in [3.05, 3.63) is 18.3 Å². The summed E-state index contributed by atoms with van der Waals surface area (Å²) in [5, 5.41) is -0.442. The van der Waals surface area contributed by atoms with Crippen LogP contribution in [0.1, 0.15) is 26.7 Å². The molecule has 94 valence electrons. The molecule has 1 aromatic rings. The monoisotopic (exact) mass is 255 g/mol. The summed E-state index contributed by atoms with van der Waals surface area (Å²) in [7, 11) is -3.31. The number of rotatable bonds is 4. The molecule has 5 nitrogen and oxygen atoms in total. The number of nitrogens with zero attached hydrogens (tertiary/aromatic N) is 2. The van der Waals surface area contributed by atoms with Crippen LogP contribution < -0.4 is 10.0 Å². The summed E-state index contributed by atoms with van der Waals surface area (Å²) in [6.07, 6.45) is 3.29. The Morgan fingerprint density at radius 1 is 1.41 bits per heavy atom. The van der Waals surface area contributed by atoms with Crippen LogP contribution in [0.4, 0.5) is 11.5 Å². The fraction of sp³-hybridized carbons (Fsp3) is 0.545. The van der Waals surface area contributed by atoms with Crippen molar-refractivity contribution in [3.63, 3.8) is 0 Å². The minimum atomic E-state index is -3.31. The van der Waals surface area contributed by atoms with Gasteiger partial charge in [-0.15, -0.1) is 0 Å². The second-order valence-electron chi connectivity index (χ2n) is 4.57. The summed E-state index contributed by atoms with van der Waals surface area (Å²) in [6, 6.07) is 3.40. The van der Waals surface area contributed by atoms with Crippen LogP contribution in [-0.2, 0) is 10.0 Å². The molecule has 0 unspecified atom stereocenters. The smallest absolute Gasteiger partial charge is 0.238 e. The lowest BCUT2D eigenvalue weighted by molar-refractivity contribution is 0.581. The first-order valence-electron chi connectivity index (χ1n) is 5.67. The Kier molecular flexibility index (Phi) is 2.99. The van der Waals surface area contributed by atoms with Gasteiger partial charge in [0.25, 0.3) is 0 Å². The molecule has 1 aliphatic rings. The van der Waals surface area contributed by atoms with Gasteiger partial charge in [0.05, 0.1) is 17.1 Å². The molecule has 0 bridgehead atoms. The van der Waals surface area contributed by atoms with E-state index in [2.05, 4.69) is 4.98 Å². The predicted octanol–water partition coefficient (Wildman–Crippen LogP) is 1.37. The highest BCUT2D eigenvalue weighted by Crippen LogP contribution is 2.34. The Morgan fingerprint density at radius 2 is 2.06 bits per heavy atom. The Morgan fingerprint density at radius 3 is 2.47 bits per heavy atom. The summed E-state index contributed by atoms with van der Waals surface area (Å²) in [5.41, 5.74) is 6.09. The van der Waals surface area contributed by atoms with Crippen LogP contribution in [0.15, 0.2) is 18.3 Å². The second-order valence-corrected chi connectivity index (χ2v) is 6.94. The average molecular weight is 255 g/mol. The van der Waals surface area contributed by atoms with Crippen molar-refractivity contribution in [2.45, 2.75) is 38.0 Å². The predicted molar refractivity (Wildman–Crippen MR) is 68.2 cm³/mol. The minimum Gasteiger partial charge on any atom is -0.397 e. The summed E-state index contributed by atoms with van der Waals surface area (Å²) < 4.78 is 25.9. The Hall–Kier alpha value is -1.30. The van der Waals surface area contributed by atoms with Gasteiger partial charge < -0.3 is 5.73 Å². The van der Waals surface area contributed by atoms with E-state index in [4.69, 9.17) is 5.73 Å². The zero-order chi connectivity index (χ0) is 12.6. The Bertz CT molecular complexity index is 492. The van der Waals surface area contributed by atoms with Crippen molar-refractivity contribution in [2.24, 2.45) is 0 Å². The van der Waals surface area contributed by atoms with E-state index < -0.39 is 15.3 Å². The molecule has 1 heterocycles. The topological polar surface area (TPSA) is 76.3 Å². The molecule has 0 saturated heterocycles. The molecule has 1 aliphatic carbocycles. The van der Waals surface area contributed by atoms with Crippen molar-refractivity contribution in [3.8, 4) is 0 Å². The van der Waals surface area contributed by atoms with Crippen LogP contribution in [0.3, 0.4) is 0 Å². The molecule has 0 amide bonds. The SMILES string of the molecule is CC(C)S(=O)(=O)N(c1ccc(N)cn1)C1CC1. The molecule has 1 fully saturated rings. The van der Waals surface area contributed by atoms with Gasteiger partial charge in [0, 0.05) is 6.04 Å². The molecule has 6 heteroatoms. The quantitative estimate of drug-likeness (QED) is 0.881. The van der Waals surface area contributed by atoms with Gasteiger partial charge in [0.1, 0.15) is 5.82 Å². The summed E-state index contributed by atoms with van der Waals surface area (Å²) >= 11 is 0. The maximum atomic E-state index is 12.3. The second kappa shape index (κ2) is 4.18. The minimum absolute atomic E-state index is 0.0681. The van der Waals surface area contributed by atoms with Crippen LogP contribution >= 0.6 is 0 Å². The largest absolute Gasteiger partial charge is 0.397 e. The van der Waals surface area contributed by atoms with Crippen molar-refractivity contribution in [1.82, 2.24) is 4.98 Å². The van der Waals surface area contributed by atoms with E-state index in [0.29, 0.717) is 11.5 Å². The fourth-order valence-corrected chi connectivity index (χ4v) is 3.04. The first kappa shape index (κ1) is 12.2. The van der Waals surface area contributed by atoms with Crippen molar-refractivity contribution < 1.29 is 8.42 Å². The third-order valence-electron chi connectivity index (χ3n) is 2.74. The first-order valence-corrected chi connectivity index (χ1v) is 7.18. The maximum Gasteiger partial charge on any atom is 0.238 e. The van der Waals surface area contributed by atoms with Crippen LogP contribution in [0.5, 0.6) is 0 Å². The molecule has 0 atom stereocenters.